The van der Waals surface area contributed by atoms with Crippen LogP contribution in [0.5, 0.6) is 17.6 Å². The van der Waals surface area contributed by atoms with E-state index in [4.69, 9.17) is 14.2 Å². The fourth-order valence-electron chi connectivity index (χ4n) is 3.38. The number of nitrogens with zero attached hydrogens (tertiary/aromatic N) is 7. The second kappa shape index (κ2) is 9.30. The summed E-state index contributed by atoms with van der Waals surface area (Å²) in [5.74, 6) is 1.25. The van der Waals surface area contributed by atoms with Crippen molar-refractivity contribution in [2.24, 2.45) is 7.05 Å². The molecule has 0 amide bonds. The van der Waals surface area contributed by atoms with Crippen molar-refractivity contribution < 1.29 is 14.2 Å². The van der Waals surface area contributed by atoms with Gasteiger partial charge in [0, 0.05) is 35.9 Å². The summed E-state index contributed by atoms with van der Waals surface area (Å²) in [6.07, 6.45) is 8.44. The Morgan fingerprint density at radius 2 is 2.00 bits per heavy atom. The van der Waals surface area contributed by atoms with Gasteiger partial charge in [0.2, 0.25) is 17.6 Å². The minimum atomic E-state index is -0.272. The molecular formula is C20H23N7O4S. The van der Waals surface area contributed by atoms with Gasteiger partial charge in [-0.1, -0.05) is 12.2 Å². The molecule has 1 aliphatic rings. The van der Waals surface area contributed by atoms with Gasteiger partial charge in [-0.25, -0.2) is 9.48 Å². The summed E-state index contributed by atoms with van der Waals surface area (Å²) in [6.45, 7) is 0.253. The van der Waals surface area contributed by atoms with Crippen LogP contribution in [0.3, 0.4) is 0 Å². The van der Waals surface area contributed by atoms with Crippen LogP contribution in [0.15, 0.2) is 51.8 Å². The molecule has 1 aliphatic carbocycles. The van der Waals surface area contributed by atoms with Crippen molar-refractivity contribution in [1.29, 1.82) is 0 Å². The van der Waals surface area contributed by atoms with E-state index in [1.165, 1.54) is 16.5 Å². The maximum atomic E-state index is 12.4. The highest BCUT2D eigenvalue weighted by Gasteiger charge is 2.26. The number of thioether (sulfide) groups is 1. The third kappa shape index (κ3) is 4.13. The van der Waals surface area contributed by atoms with Crippen molar-refractivity contribution in [3.63, 3.8) is 0 Å². The lowest BCUT2D eigenvalue weighted by molar-refractivity contribution is 0.311. The van der Waals surface area contributed by atoms with Crippen LogP contribution in [0, 0.1) is 0 Å². The Balaban J connectivity index is 1.57. The minimum Gasteiger partial charge on any atom is -0.481 e. The zero-order chi connectivity index (χ0) is 22.7. The van der Waals surface area contributed by atoms with Crippen molar-refractivity contribution in [3.8, 4) is 23.3 Å². The molecule has 3 aromatic heterocycles. The molecule has 0 bridgehead atoms. The van der Waals surface area contributed by atoms with Crippen LogP contribution in [0.4, 0.5) is 0 Å². The molecule has 3 aromatic rings. The normalized spacial score (nSPS) is 15.8. The van der Waals surface area contributed by atoms with Crippen LogP contribution in [0.25, 0.3) is 5.69 Å². The molecule has 0 spiro atoms. The maximum absolute atomic E-state index is 12.4. The van der Waals surface area contributed by atoms with Gasteiger partial charge in [0.25, 0.3) is 0 Å². The van der Waals surface area contributed by atoms with E-state index in [0.29, 0.717) is 29.7 Å². The summed E-state index contributed by atoms with van der Waals surface area (Å²) in [5.41, 5.74) is 1.32. The molecule has 0 saturated heterocycles. The summed E-state index contributed by atoms with van der Waals surface area (Å²) < 4.78 is 20.7. The molecule has 32 heavy (non-hydrogen) atoms. The number of tetrazole rings is 1. The largest absolute Gasteiger partial charge is 0.481 e. The second-order valence-electron chi connectivity index (χ2n) is 6.85. The van der Waals surface area contributed by atoms with E-state index in [-0.39, 0.29) is 18.3 Å². The fraction of sp³-hybridized carbons (Fsp3) is 0.350. The highest BCUT2D eigenvalue weighted by molar-refractivity contribution is 8.02. The zero-order valence-corrected chi connectivity index (χ0v) is 18.9. The molecule has 0 N–H and O–H groups in total. The van der Waals surface area contributed by atoms with Gasteiger partial charge in [-0.3, -0.25) is 0 Å². The number of aryl methyl sites for hydroxylation is 1. The summed E-state index contributed by atoms with van der Waals surface area (Å²) in [4.78, 5) is 17.7. The predicted octanol–water partition coefficient (Wildman–Crippen LogP) is 1.77. The number of aromatic nitrogens is 7. The summed E-state index contributed by atoms with van der Waals surface area (Å²) in [7, 11) is 4.66. The van der Waals surface area contributed by atoms with E-state index < -0.39 is 0 Å². The lowest BCUT2D eigenvalue weighted by Gasteiger charge is -2.23. The first-order chi connectivity index (χ1) is 15.5. The van der Waals surface area contributed by atoms with Crippen LogP contribution in [-0.2, 0) is 7.05 Å². The van der Waals surface area contributed by atoms with Gasteiger partial charge < -0.3 is 14.2 Å². The van der Waals surface area contributed by atoms with E-state index in [1.807, 2.05) is 18.4 Å². The topological polar surface area (TPSA) is 111 Å². The number of allylic oxidation sites excluding steroid dienone is 2. The first kappa shape index (κ1) is 21.7. The number of hydrogen-bond acceptors (Lipinski definition) is 9. The van der Waals surface area contributed by atoms with Crippen molar-refractivity contribution in [2.45, 2.75) is 12.5 Å². The summed E-state index contributed by atoms with van der Waals surface area (Å²) in [5, 5.41) is 12.3. The van der Waals surface area contributed by atoms with Gasteiger partial charge >= 0.3 is 5.69 Å². The third-order valence-corrected chi connectivity index (χ3v) is 5.85. The first-order valence-electron chi connectivity index (χ1n) is 9.75. The fourth-order valence-corrected chi connectivity index (χ4v) is 4.07. The van der Waals surface area contributed by atoms with E-state index in [2.05, 4.69) is 20.5 Å². The quantitative estimate of drug-likeness (QED) is 0.500. The van der Waals surface area contributed by atoms with Gasteiger partial charge in [-0.2, -0.15) is 14.3 Å². The molecule has 12 heteroatoms. The SMILES string of the molecule is COc1ccc(-n2ccc(OCC3=C(SC)C=CCC3n3nnn(C)c3=O)n2)c(OC)n1. The number of rotatable bonds is 8. The first-order valence-corrected chi connectivity index (χ1v) is 11.0. The van der Waals surface area contributed by atoms with Crippen LogP contribution in [-0.4, -0.2) is 61.6 Å². The van der Waals surface area contributed by atoms with Gasteiger partial charge in [0.05, 0.1) is 20.3 Å². The lowest BCUT2D eigenvalue weighted by atomic mass is 9.99. The highest BCUT2D eigenvalue weighted by Crippen LogP contribution is 2.33. The lowest BCUT2D eigenvalue weighted by Crippen LogP contribution is -2.30. The molecule has 4 rings (SSSR count). The van der Waals surface area contributed by atoms with Gasteiger partial charge in [-0.05, 0) is 29.2 Å². The van der Waals surface area contributed by atoms with Crippen LogP contribution in [0.2, 0.25) is 0 Å². The Morgan fingerprint density at radius 1 is 1.16 bits per heavy atom. The van der Waals surface area contributed by atoms with Crippen LogP contribution < -0.4 is 19.9 Å². The monoisotopic (exact) mass is 457 g/mol. The van der Waals surface area contributed by atoms with Crippen molar-refractivity contribution >= 4 is 11.8 Å². The van der Waals surface area contributed by atoms with Crippen molar-refractivity contribution in [1.82, 2.24) is 34.6 Å². The average Bonchev–Trinajstić information content (AvgIpc) is 3.43. The Hall–Kier alpha value is -3.54. The van der Waals surface area contributed by atoms with Crippen LogP contribution >= 0.6 is 11.8 Å². The van der Waals surface area contributed by atoms with Crippen LogP contribution in [0.1, 0.15) is 12.5 Å². The molecule has 0 fully saturated rings. The molecule has 11 nitrogen and oxygen atoms in total. The van der Waals surface area contributed by atoms with Gasteiger partial charge in [0.1, 0.15) is 12.3 Å². The summed E-state index contributed by atoms with van der Waals surface area (Å²) in [6, 6.07) is 5.02. The molecule has 3 heterocycles. The highest BCUT2D eigenvalue weighted by atomic mass is 32.2. The molecule has 168 valence electrons. The standard InChI is InChI=1S/C20H23N7O4S/c1-25-20(28)27(24-23-25)14-6-5-7-16(32-4)13(14)12-31-18-10-11-26(22-18)15-8-9-17(29-2)21-19(15)30-3/h5,7-11,14H,6,12H2,1-4H3. The molecular weight excluding hydrogens is 434 g/mol. The van der Waals surface area contributed by atoms with Gasteiger partial charge in [0.15, 0.2) is 0 Å². The maximum Gasteiger partial charge on any atom is 0.363 e. The molecule has 0 aliphatic heterocycles. The van der Waals surface area contributed by atoms with Gasteiger partial charge in [-0.15, -0.1) is 16.9 Å². The van der Waals surface area contributed by atoms with E-state index in [9.17, 15) is 4.79 Å². The minimum absolute atomic E-state index is 0.253. The molecule has 1 atom stereocenters. The number of ether oxygens (including phenoxy) is 3. The second-order valence-corrected chi connectivity index (χ2v) is 7.69. The van der Waals surface area contributed by atoms with Crippen molar-refractivity contribution in [2.75, 3.05) is 27.1 Å². The molecule has 0 aromatic carbocycles. The van der Waals surface area contributed by atoms with E-state index in [0.717, 1.165) is 10.5 Å². The smallest absolute Gasteiger partial charge is 0.363 e. The number of pyridine rings is 1. The number of methoxy groups -OCH3 is 2. The Kier molecular flexibility index (Phi) is 6.30. The molecule has 0 saturated carbocycles. The Labute approximate surface area is 188 Å². The van der Waals surface area contributed by atoms with Crippen molar-refractivity contribution in [3.05, 3.63) is 57.5 Å². The average molecular weight is 458 g/mol. The number of hydrogen-bond donors (Lipinski definition) is 0. The zero-order valence-electron chi connectivity index (χ0n) is 18.1. The van der Waals surface area contributed by atoms with E-state index >= 15 is 0 Å². The third-order valence-electron chi connectivity index (χ3n) is 5.01. The Morgan fingerprint density at radius 3 is 2.69 bits per heavy atom. The molecule has 0 radical (unpaired) electrons. The summed E-state index contributed by atoms with van der Waals surface area (Å²) >= 11 is 1.59. The van der Waals surface area contributed by atoms with E-state index in [1.54, 1.807) is 55.0 Å². The predicted molar refractivity (Wildman–Crippen MR) is 119 cm³/mol. The Bertz CT molecular complexity index is 1230. The molecule has 1 unspecified atom stereocenters.